The molecule has 19 heavy (non-hydrogen) atoms. The number of carbonyl (C=O) groups excluding carboxylic acids is 1. The molecule has 1 aromatic rings. The van der Waals surface area contributed by atoms with Crippen LogP contribution in [0, 0.1) is 0 Å². The van der Waals surface area contributed by atoms with Crippen LogP contribution in [0.1, 0.15) is 20.3 Å². The van der Waals surface area contributed by atoms with E-state index in [0.717, 1.165) is 0 Å². The summed E-state index contributed by atoms with van der Waals surface area (Å²) in [5.74, 6) is -0.990. The molecule has 104 valence electrons. The molecular weight excluding hydrogens is 291 g/mol. The lowest BCUT2D eigenvalue weighted by atomic mass is 10.0. The van der Waals surface area contributed by atoms with Crippen molar-refractivity contribution in [3.63, 3.8) is 0 Å². The SMILES string of the molecule is CC(C)(CC(=O)O)NC(=O)Nc1cc(Cl)cc(Cl)c1. The quantitative estimate of drug-likeness (QED) is 0.798. The molecule has 5 nitrogen and oxygen atoms in total. The van der Waals surface area contributed by atoms with Crippen LogP contribution < -0.4 is 10.6 Å². The second-order valence-electron chi connectivity index (χ2n) is 4.69. The third kappa shape index (κ3) is 5.81. The minimum atomic E-state index is -0.990. The van der Waals surface area contributed by atoms with Gasteiger partial charge in [0, 0.05) is 21.3 Å². The summed E-state index contributed by atoms with van der Waals surface area (Å²) in [6.45, 7) is 3.23. The van der Waals surface area contributed by atoms with Gasteiger partial charge in [0.25, 0.3) is 0 Å². The maximum absolute atomic E-state index is 11.7. The van der Waals surface area contributed by atoms with Gasteiger partial charge >= 0.3 is 12.0 Å². The van der Waals surface area contributed by atoms with Gasteiger partial charge in [0.15, 0.2) is 0 Å². The summed E-state index contributed by atoms with van der Waals surface area (Å²) in [4.78, 5) is 22.4. The van der Waals surface area contributed by atoms with Crippen LogP contribution >= 0.6 is 23.2 Å². The zero-order valence-electron chi connectivity index (χ0n) is 10.5. The van der Waals surface area contributed by atoms with Crippen molar-refractivity contribution in [1.82, 2.24) is 5.32 Å². The normalized spacial score (nSPS) is 10.9. The maximum Gasteiger partial charge on any atom is 0.319 e. The third-order valence-electron chi connectivity index (χ3n) is 2.17. The highest BCUT2D eigenvalue weighted by molar-refractivity contribution is 6.35. The largest absolute Gasteiger partial charge is 0.481 e. The van der Waals surface area contributed by atoms with E-state index in [1.165, 1.54) is 12.1 Å². The summed E-state index contributed by atoms with van der Waals surface area (Å²) in [6.07, 6.45) is -0.184. The van der Waals surface area contributed by atoms with Gasteiger partial charge in [0.2, 0.25) is 0 Å². The average molecular weight is 305 g/mol. The van der Waals surface area contributed by atoms with Gasteiger partial charge in [-0.25, -0.2) is 4.79 Å². The average Bonchev–Trinajstić information content (AvgIpc) is 2.10. The fraction of sp³-hybridized carbons (Fsp3) is 0.333. The summed E-state index contributed by atoms with van der Waals surface area (Å²) in [7, 11) is 0. The Labute approximate surface area is 120 Å². The lowest BCUT2D eigenvalue weighted by Gasteiger charge is -2.24. The third-order valence-corrected chi connectivity index (χ3v) is 2.60. The first-order valence-corrected chi connectivity index (χ1v) is 6.20. The highest BCUT2D eigenvalue weighted by atomic mass is 35.5. The predicted octanol–water partition coefficient (Wildman–Crippen LogP) is 3.37. The minimum Gasteiger partial charge on any atom is -0.481 e. The molecule has 3 N–H and O–H groups in total. The van der Waals surface area contributed by atoms with E-state index in [1.807, 2.05) is 0 Å². The molecule has 0 fully saturated rings. The van der Waals surface area contributed by atoms with Crippen LogP contribution in [0.3, 0.4) is 0 Å². The number of carboxylic acids is 1. The topological polar surface area (TPSA) is 78.4 Å². The van der Waals surface area contributed by atoms with Crippen molar-refractivity contribution in [3.8, 4) is 0 Å². The number of aliphatic carboxylic acids is 1. The number of hydrogen-bond acceptors (Lipinski definition) is 2. The van der Waals surface area contributed by atoms with Crippen LogP contribution in [-0.2, 0) is 4.79 Å². The minimum absolute atomic E-state index is 0.184. The summed E-state index contributed by atoms with van der Waals surface area (Å²) >= 11 is 11.6. The lowest BCUT2D eigenvalue weighted by Crippen LogP contribution is -2.46. The van der Waals surface area contributed by atoms with Gasteiger partial charge in [0.05, 0.1) is 6.42 Å². The van der Waals surface area contributed by atoms with E-state index in [4.69, 9.17) is 28.3 Å². The van der Waals surface area contributed by atoms with Crippen molar-refractivity contribution in [3.05, 3.63) is 28.2 Å². The van der Waals surface area contributed by atoms with Gasteiger partial charge < -0.3 is 15.7 Å². The Hall–Kier alpha value is -1.46. The zero-order valence-corrected chi connectivity index (χ0v) is 12.0. The number of hydrogen-bond donors (Lipinski definition) is 3. The van der Waals surface area contributed by atoms with E-state index in [-0.39, 0.29) is 6.42 Å². The number of amides is 2. The van der Waals surface area contributed by atoms with E-state index < -0.39 is 17.5 Å². The smallest absolute Gasteiger partial charge is 0.319 e. The van der Waals surface area contributed by atoms with Crippen LogP contribution in [0.25, 0.3) is 0 Å². The zero-order chi connectivity index (χ0) is 14.6. The first-order chi connectivity index (χ1) is 8.68. The molecule has 0 spiro atoms. The number of rotatable bonds is 4. The van der Waals surface area contributed by atoms with Crippen molar-refractivity contribution in [2.75, 3.05) is 5.32 Å². The number of benzene rings is 1. The number of carboxylic acid groups (broad SMARTS) is 1. The number of nitrogens with one attached hydrogen (secondary N) is 2. The first kappa shape index (κ1) is 15.6. The van der Waals surface area contributed by atoms with Gasteiger partial charge in [0.1, 0.15) is 0 Å². The summed E-state index contributed by atoms with van der Waals surface area (Å²) in [5.41, 5.74) is -0.431. The predicted molar refractivity (Wildman–Crippen MR) is 74.9 cm³/mol. The Morgan fingerprint density at radius 3 is 2.21 bits per heavy atom. The molecule has 0 bridgehead atoms. The Morgan fingerprint density at radius 2 is 1.74 bits per heavy atom. The Morgan fingerprint density at radius 1 is 1.21 bits per heavy atom. The van der Waals surface area contributed by atoms with E-state index >= 15 is 0 Å². The molecule has 0 atom stereocenters. The lowest BCUT2D eigenvalue weighted by molar-refractivity contribution is -0.138. The summed E-state index contributed by atoms with van der Waals surface area (Å²) < 4.78 is 0. The van der Waals surface area contributed by atoms with Gasteiger partial charge in [-0.15, -0.1) is 0 Å². The molecule has 0 saturated heterocycles. The number of anilines is 1. The fourth-order valence-corrected chi connectivity index (χ4v) is 2.04. The van der Waals surface area contributed by atoms with Crippen LogP contribution in [0.2, 0.25) is 10.0 Å². The number of carbonyl (C=O) groups is 2. The second kappa shape index (κ2) is 6.12. The molecule has 7 heteroatoms. The Kier molecular flexibility index (Phi) is 5.03. The molecule has 0 aliphatic rings. The molecule has 2 amide bonds. The standard InChI is InChI=1S/C12H14Cl2N2O3/c1-12(2,6-10(17)18)16-11(19)15-9-4-7(13)3-8(14)5-9/h3-5H,6H2,1-2H3,(H,17,18)(H2,15,16,19). The van der Waals surface area contributed by atoms with Gasteiger partial charge in [-0.1, -0.05) is 23.2 Å². The van der Waals surface area contributed by atoms with Crippen LogP contribution in [0.5, 0.6) is 0 Å². The maximum atomic E-state index is 11.7. The molecule has 1 rings (SSSR count). The number of halogens is 2. The molecule has 1 aromatic carbocycles. The van der Waals surface area contributed by atoms with Crippen LogP contribution in [0.15, 0.2) is 18.2 Å². The van der Waals surface area contributed by atoms with Crippen molar-refractivity contribution >= 4 is 40.9 Å². The van der Waals surface area contributed by atoms with Crippen LogP contribution in [0.4, 0.5) is 10.5 Å². The molecule has 0 heterocycles. The molecular formula is C12H14Cl2N2O3. The van der Waals surface area contributed by atoms with Crippen molar-refractivity contribution in [2.24, 2.45) is 0 Å². The van der Waals surface area contributed by atoms with Crippen LogP contribution in [-0.4, -0.2) is 22.6 Å². The molecule has 0 aromatic heterocycles. The first-order valence-electron chi connectivity index (χ1n) is 5.45. The summed E-state index contributed by atoms with van der Waals surface area (Å²) in [5, 5.41) is 14.6. The second-order valence-corrected chi connectivity index (χ2v) is 5.56. The van der Waals surface area contributed by atoms with Crippen molar-refractivity contribution in [2.45, 2.75) is 25.8 Å². The van der Waals surface area contributed by atoms with E-state index in [1.54, 1.807) is 19.9 Å². The molecule has 0 unspecified atom stereocenters. The molecule has 0 aliphatic heterocycles. The highest BCUT2D eigenvalue weighted by Crippen LogP contribution is 2.22. The van der Waals surface area contributed by atoms with E-state index in [9.17, 15) is 9.59 Å². The number of urea groups is 1. The van der Waals surface area contributed by atoms with Gasteiger partial charge in [-0.2, -0.15) is 0 Å². The monoisotopic (exact) mass is 304 g/mol. The Bertz CT molecular complexity index is 483. The molecule has 0 radical (unpaired) electrons. The summed E-state index contributed by atoms with van der Waals surface area (Å²) in [6, 6.07) is 4.10. The Balaban J connectivity index is 2.67. The van der Waals surface area contributed by atoms with E-state index in [0.29, 0.717) is 15.7 Å². The highest BCUT2D eigenvalue weighted by Gasteiger charge is 2.23. The fourth-order valence-electron chi connectivity index (χ4n) is 1.52. The van der Waals surface area contributed by atoms with Gasteiger partial charge in [-0.3, -0.25) is 4.79 Å². The molecule has 0 saturated carbocycles. The van der Waals surface area contributed by atoms with Crippen molar-refractivity contribution in [1.29, 1.82) is 0 Å². The van der Waals surface area contributed by atoms with E-state index in [2.05, 4.69) is 10.6 Å². The molecule has 0 aliphatic carbocycles. The van der Waals surface area contributed by atoms with Crippen molar-refractivity contribution < 1.29 is 14.7 Å². The van der Waals surface area contributed by atoms with Gasteiger partial charge in [-0.05, 0) is 32.0 Å².